The van der Waals surface area contributed by atoms with Crippen molar-refractivity contribution in [3.63, 3.8) is 0 Å². The Morgan fingerprint density at radius 1 is 1.33 bits per heavy atom. The van der Waals surface area contributed by atoms with Gasteiger partial charge in [0.25, 0.3) is 10.2 Å². The molecule has 1 saturated heterocycles. The van der Waals surface area contributed by atoms with Crippen LogP contribution in [0.2, 0.25) is 0 Å². The van der Waals surface area contributed by atoms with E-state index in [9.17, 15) is 8.42 Å². The Balaban J connectivity index is 1.66. The highest BCUT2D eigenvalue weighted by atomic mass is 32.2. The van der Waals surface area contributed by atoms with Gasteiger partial charge in [-0.2, -0.15) is 17.0 Å². The van der Waals surface area contributed by atoms with Gasteiger partial charge in [-0.25, -0.2) is 0 Å². The molecule has 2 aliphatic heterocycles. The summed E-state index contributed by atoms with van der Waals surface area (Å²) in [5.74, 6) is 1.20. The zero-order chi connectivity index (χ0) is 19.4. The summed E-state index contributed by atoms with van der Waals surface area (Å²) in [6.07, 6.45) is 3.47. The van der Waals surface area contributed by atoms with Gasteiger partial charge in [-0.3, -0.25) is 4.99 Å². The molecular weight excluding hydrogens is 366 g/mol. The van der Waals surface area contributed by atoms with E-state index in [-0.39, 0.29) is 12.1 Å². The summed E-state index contributed by atoms with van der Waals surface area (Å²) in [6.45, 7) is 1.51. The second-order valence-corrected chi connectivity index (χ2v) is 9.24. The van der Waals surface area contributed by atoms with Gasteiger partial charge in [0, 0.05) is 38.7 Å². The summed E-state index contributed by atoms with van der Waals surface area (Å²) in [5, 5.41) is 3.26. The standard InChI is InChI=1S/C18H29N5O3S/c1-22(2)27(24,25)23-11-6-5-7-14(23)13-20-18(19)21-16-10-12-26-17-9-4-3-8-15(16)17/h3-4,8-9,14,16H,5-7,10-13H2,1-2H3,(H3,19,20,21). The van der Waals surface area contributed by atoms with E-state index in [1.54, 1.807) is 18.4 Å². The molecule has 2 atom stereocenters. The fraction of sp³-hybridized carbons (Fsp3) is 0.611. The van der Waals surface area contributed by atoms with Crippen LogP contribution in [-0.2, 0) is 10.2 Å². The normalized spacial score (nSPS) is 24.3. The molecule has 0 saturated carbocycles. The van der Waals surface area contributed by atoms with Crippen molar-refractivity contribution < 1.29 is 13.2 Å². The molecule has 2 heterocycles. The van der Waals surface area contributed by atoms with Crippen molar-refractivity contribution in [1.82, 2.24) is 13.9 Å². The first-order chi connectivity index (χ1) is 12.9. The molecule has 3 rings (SSSR count). The Labute approximate surface area is 161 Å². The molecule has 27 heavy (non-hydrogen) atoms. The van der Waals surface area contributed by atoms with Crippen LogP contribution in [0.5, 0.6) is 5.75 Å². The quantitative estimate of drug-likeness (QED) is 0.574. The smallest absolute Gasteiger partial charge is 0.281 e. The van der Waals surface area contributed by atoms with E-state index < -0.39 is 10.2 Å². The second-order valence-electron chi connectivity index (χ2n) is 7.15. The Hall–Kier alpha value is -1.84. The molecule has 3 N–H and O–H groups in total. The monoisotopic (exact) mass is 395 g/mol. The zero-order valence-electron chi connectivity index (χ0n) is 16.0. The van der Waals surface area contributed by atoms with Crippen LogP contribution in [0.1, 0.15) is 37.3 Å². The van der Waals surface area contributed by atoms with Gasteiger partial charge in [0.05, 0.1) is 19.2 Å². The number of fused-ring (bicyclic) bond motifs is 1. The first-order valence-electron chi connectivity index (χ1n) is 9.37. The van der Waals surface area contributed by atoms with Gasteiger partial charge in [0.2, 0.25) is 0 Å². The lowest BCUT2D eigenvalue weighted by Gasteiger charge is -2.35. The van der Waals surface area contributed by atoms with Gasteiger partial charge in [-0.05, 0) is 18.9 Å². The van der Waals surface area contributed by atoms with Gasteiger partial charge >= 0.3 is 0 Å². The highest BCUT2D eigenvalue weighted by Gasteiger charge is 2.33. The second kappa shape index (κ2) is 8.45. The van der Waals surface area contributed by atoms with E-state index >= 15 is 0 Å². The van der Waals surface area contributed by atoms with Gasteiger partial charge < -0.3 is 15.8 Å². The third-order valence-corrected chi connectivity index (χ3v) is 7.08. The summed E-state index contributed by atoms with van der Waals surface area (Å²) in [6, 6.07) is 7.78. The predicted octanol–water partition coefficient (Wildman–Crippen LogP) is 1.08. The number of nitrogens with one attached hydrogen (secondary N) is 1. The molecular formula is C18H29N5O3S. The first-order valence-corrected chi connectivity index (χ1v) is 10.8. The third-order valence-electron chi connectivity index (χ3n) is 5.08. The van der Waals surface area contributed by atoms with Crippen molar-refractivity contribution in [2.24, 2.45) is 10.7 Å². The minimum absolute atomic E-state index is 0.0478. The maximum absolute atomic E-state index is 12.5. The van der Waals surface area contributed by atoms with Gasteiger partial charge in [0.1, 0.15) is 5.75 Å². The molecule has 1 aromatic carbocycles. The molecule has 2 unspecified atom stereocenters. The number of nitrogens with two attached hydrogens (primary N) is 1. The highest BCUT2D eigenvalue weighted by molar-refractivity contribution is 7.86. The first kappa shape index (κ1) is 19.9. The number of rotatable bonds is 5. The van der Waals surface area contributed by atoms with Crippen molar-refractivity contribution in [2.75, 3.05) is 33.8 Å². The Bertz CT molecular complexity index is 781. The zero-order valence-corrected chi connectivity index (χ0v) is 16.8. The summed E-state index contributed by atoms with van der Waals surface area (Å²) in [4.78, 5) is 4.46. The number of hydrogen-bond donors (Lipinski definition) is 2. The van der Waals surface area contributed by atoms with E-state index in [0.717, 1.165) is 37.0 Å². The van der Waals surface area contributed by atoms with Crippen molar-refractivity contribution >= 4 is 16.2 Å². The number of aliphatic imine (C=N–C) groups is 1. The minimum Gasteiger partial charge on any atom is -0.493 e. The maximum atomic E-state index is 12.5. The molecule has 8 nitrogen and oxygen atoms in total. The summed E-state index contributed by atoms with van der Waals surface area (Å²) in [7, 11) is -0.328. The van der Waals surface area contributed by atoms with Gasteiger partial charge in [-0.1, -0.05) is 24.6 Å². The van der Waals surface area contributed by atoms with E-state index in [4.69, 9.17) is 10.5 Å². The minimum atomic E-state index is -3.44. The molecule has 0 aromatic heterocycles. The van der Waals surface area contributed by atoms with Crippen LogP contribution in [0.25, 0.3) is 0 Å². The predicted molar refractivity (Wildman–Crippen MR) is 106 cm³/mol. The number of piperidine rings is 1. The molecule has 9 heteroatoms. The molecule has 0 spiro atoms. The lowest BCUT2D eigenvalue weighted by atomic mass is 10.0. The van der Waals surface area contributed by atoms with E-state index in [1.807, 2.05) is 24.3 Å². The van der Waals surface area contributed by atoms with Crippen molar-refractivity contribution in [2.45, 2.75) is 37.8 Å². The number of para-hydroxylation sites is 1. The van der Waals surface area contributed by atoms with Crippen LogP contribution in [0.15, 0.2) is 29.3 Å². The van der Waals surface area contributed by atoms with Crippen LogP contribution in [0.4, 0.5) is 0 Å². The van der Waals surface area contributed by atoms with E-state index in [0.29, 0.717) is 25.7 Å². The molecule has 0 bridgehead atoms. The SMILES string of the molecule is CN(C)S(=O)(=O)N1CCCCC1CN=C(N)NC1CCOc2ccccc21. The van der Waals surface area contributed by atoms with Crippen LogP contribution in [0, 0.1) is 0 Å². The van der Waals surface area contributed by atoms with Crippen molar-refractivity contribution in [3.05, 3.63) is 29.8 Å². The topological polar surface area (TPSA) is 100 Å². The summed E-state index contributed by atoms with van der Waals surface area (Å²) >= 11 is 0. The molecule has 1 fully saturated rings. The van der Waals surface area contributed by atoms with Gasteiger partial charge in [0.15, 0.2) is 5.96 Å². The molecule has 150 valence electrons. The van der Waals surface area contributed by atoms with Crippen LogP contribution >= 0.6 is 0 Å². The number of guanidine groups is 1. The fourth-order valence-corrected chi connectivity index (χ4v) is 4.92. The number of ether oxygens (including phenoxy) is 1. The largest absolute Gasteiger partial charge is 0.493 e. The van der Waals surface area contributed by atoms with Crippen LogP contribution < -0.4 is 15.8 Å². The fourth-order valence-electron chi connectivity index (χ4n) is 3.59. The summed E-state index contributed by atoms with van der Waals surface area (Å²) < 4.78 is 33.6. The van der Waals surface area contributed by atoms with Gasteiger partial charge in [-0.15, -0.1) is 0 Å². The Morgan fingerprint density at radius 2 is 2.11 bits per heavy atom. The van der Waals surface area contributed by atoms with E-state index in [2.05, 4.69) is 10.3 Å². The number of hydrogen-bond acceptors (Lipinski definition) is 4. The molecule has 0 radical (unpaired) electrons. The molecule has 0 amide bonds. The molecule has 1 aromatic rings. The average molecular weight is 396 g/mol. The number of nitrogens with zero attached hydrogens (tertiary/aromatic N) is 3. The molecule has 0 aliphatic carbocycles. The third kappa shape index (κ3) is 4.53. The van der Waals surface area contributed by atoms with Crippen LogP contribution in [0.3, 0.4) is 0 Å². The van der Waals surface area contributed by atoms with Crippen molar-refractivity contribution in [1.29, 1.82) is 0 Å². The number of benzene rings is 1. The molecule has 2 aliphatic rings. The van der Waals surface area contributed by atoms with E-state index in [1.165, 1.54) is 4.31 Å². The lowest BCUT2D eigenvalue weighted by Crippen LogP contribution is -2.50. The lowest BCUT2D eigenvalue weighted by molar-refractivity contribution is 0.244. The Morgan fingerprint density at radius 3 is 2.89 bits per heavy atom. The Kier molecular flexibility index (Phi) is 6.23. The average Bonchev–Trinajstić information content (AvgIpc) is 2.67. The van der Waals surface area contributed by atoms with Crippen molar-refractivity contribution in [3.8, 4) is 5.75 Å². The van der Waals surface area contributed by atoms with Crippen LogP contribution in [-0.4, -0.2) is 62.8 Å². The maximum Gasteiger partial charge on any atom is 0.281 e. The highest BCUT2D eigenvalue weighted by Crippen LogP contribution is 2.31. The summed E-state index contributed by atoms with van der Waals surface area (Å²) in [5.41, 5.74) is 7.18.